The fraction of sp³-hybridized carbons (Fsp3) is 0.450. The highest BCUT2D eigenvalue weighted by Gasteiger charge is 2.33. The van der Waals surface area contributed by atoms with E-state index in [1.807, 2.05) is 0 Å². The van der Waals surface area contributed by atoms with E-state index in [2.05, 4.69) is 30.1 Å². The van der Waals surface area contributed by atoms with Crippen molar-refractivity contribution in [1.82, 2.24) is 24.5 Å². The van der Waals surface area contributed by atoms with E-state index in [1.54, 1.807) is 23.7 Å². The van der Waals surface area contributed by atoms with E-state index in [9.17, 15) is 18.3 Å². The minimum atomic E-state index is -4.82. The topological polar surface area (TPSA) is 87.8 Å². The van der Waals surface area contributed by atoms with Crippen LogP contribution in [0.1, 0.15) is 18.4 Å². The number of fused-ring (bicyclic) bond motifs is 1. The van der Waals surface area contributed by atoms with Crippen molar-refractivity contribution in [2.75, 3.05) is 31.6 Å². The average Bonchev–Trinajstić information content (AvgIpc) is 3.19. The molecule has 31 heavy (non-hydrogen) atoms. The molecular weight excluding hydrogens is 413 g/mol. The SMILES string of the molecule is Cc1ccc(-c2nnc(N[C@@H]3CCCN(CCO)C3)n3cncc23)c(OC(F)(F)F)c1. The van der Waals surface area contributed by atoms with E-state index < -0.39 is 6.36 Å². The molecule has 1 aliphatic rings. The number of rotatable bonds is 6. The molecule has 3 aromatic rings. The molecule has 1 fully saturated rings. The van der Waals surface area contributed by atoms with Crippen molar-refractivity contribution in [1.29, 1.82) is 0 Å². The number of ether oxygens (including phenoxy) is 1. The van der Waals surface area contributed by atoms with Gasteiger partial charge in [-0.1, -0.05) is 6.07 Å². The molecule has 2 N–H and O–H groups in total. The van der Waals surface area contributed by atoms with Gasteiger partial charge in [0.05, 0.1) is 18.3 Å². The van der Waals surface area contributed by atoms with Crippen molar-refractivity contribution in [3.05, 3.63) is 36.3 Å². The van der Waals surface area contributed by atoms with E-state index in [1.165, 1.54) is 18.3 Å². The molecular formula is C20H23F3N6O2. The molecule has 1 aromatic carbocycles. The zero-order chi connectivity index (χ0) is 22.0. The second-order valence-electron chi connectivity index (χ2n) is 7.58. The lowest BCUT2D eigenvalue weighted by Crippen LogP contribution is -2.43. The third kappa shape index (κ3) is 4.88. The average molecular weight is 436 g/mol. The number of aliphatic hydroxyl groups is 1. The smallest absolute Gasteiger partial charge is 0.405 e. The number of nitrogens with one attached hydrogen (secondary N) is 1. The summed E-state index contributed by atoms with van der Waals surface area (Å²) in [6.07, 6.45) is 0.171. The van der Waals surface area contributed by atoms with Crippen molar-refractivity contribution in [2.45, 2.75) is 32.2 Å². The predicted octanol–water partition coefficient (Wildman–Crippen LogP) is 2.87. The lowest BCUT2D eigenvalue weighted by Gasteiger charge is -2.32. The summed E-state index contributed by atoms with van der Waals surface area (Å²) in [5.74, 6) is 0.120. The Bertz CT molecular complexity index is 1050. The van der Waals surface area contributed by atoms with Crippen LogP contribution in [0.3, 0.4) is 0 Å². The molecule has 11 heteroatoms. The van der Waals surface area contributed by atoms with Gasteiger partial charge >= 0.3 is 6.36 Å². The number of aryl methyl sites for hydroxylation is 1. The van der Waals surface area contributed by atoms with E-state index in [-0.39, 0.29) is 29.7 Å². The quantitative estimate of drug-likeness (QED) is 0.614. The Morgan fingerprint density at radius 2 is 2.13 bits per heavy atom. The molecule has 166 valence electrons. The zero-order valence-corrected chi connectivity index (χ0v) is 16.9. The highest BCUT2D eigenvalue weighted by molar-refractivity contribution is 5.81. The lowest BCUT2D eigenvalue weighted by atomic mass is 10.1. The second-order valence-corrected chi connectivity index (χ2v) is 7.58. The van der Waals surface area contributed by atoms with Crippen LogP contribution in [-0.2, 0) is 0 Å². The number of β-amino-alcohol motifs (C(OH)–C–C–N with tert-alkyl or cyclic N) is 1. The number of nitrogens with zero attached hydrogens (tertiary/aromatic N) is 5. The number of aromatic nitrogens is 4. The summed E-state index contributed by atoms with van der Waals surface area (Å²) in [4.78, 5) is 6.31. The fourth-order valence-corrected chi connectivity index (χ4v) is 3.86. The number of likely N-dealkylation sites (tertiary alicyclic amines) is 1. The largest absolute Gasteiger partial charge is 0.573 e. The molecule has 0 aliphatic carbocycles. The van der Waals surface area contributed by atoms with Crippen LogP contribution < -0.4 is 10.1 Å². The molecule has 0 unspecified atom stereocenters. The summed E-state index contributed by atoms with van der Waals surface area (Å²) in [6, 6.07) is 4.65. The van der Waals surface area contributed by atoms with Crippen LogP contribution in [0.2, 0.25) is 0 Å². The van der Waals surface area contributed by atoms with Crippen molar-refractivity contribution in [3.8, 4) is 17.0 Å². The number of halogens is 3. The molecule has 0 amide bonds. The Balaban J connectivity index is 1.66. The monoisotopic (exact) mass is 436 g/mol. The third-order valence-corrected chi connectivity index (χ3v) is 5.23. The van der Waals surface area contributed by atoms with Gasteiger partial charge in [-0.2, -0.15) is 0 Å². The van der Waals surface area contributed by atoms with Gasteiger partial charge < -0.3 is 15.2 Å². The third-order valence-electron chi connectivity index (χ3n) is 5.23. The van der Waals surface area contributed by atoms with Gasteiger partial charge in [0, 0.05) is 24.7 Å². The highest BCUT2D eigenvalue weighted by atomic mass is 19.4. The van der Waals surface area contributed by atoms with Gasteiger partial charge in [0.1, 0.15) is 17.8 Å². The van der Waals surface area contributed by atoms with Crippen LogP contribution in [0.15, 0.2) is 30.7 Å². The van der Waals surface area contributed by atoms with Crippen LogP contribution in [0, 0.1) is 6.92 Å². The molecule has 8 nitrogen and oxygen atoms in total. The molecule has 4 rings (SSSR count). The van der Waals surface area contributed by atoms with Gasteiger partial charge in [0.15, 0.2) is 0 Å². The number of anilines is 1. The Kier molecular flexibility index (Phi) is 5.96. The maximum Gasteiger partial charge on any atom is 0.573 e. The molecule has 1 aliphatic heterocycles. The maximum atomic E-state index is 12.9. The normalized spacial score (nSPS) is 17.8. The number of aliphatic hydroxyl groups excluding tert-OH is 1. The number of benzene rings is 1. The van der Waals surface area contributed by atoms with Crippen molar-refractivity contribution in [2.24, 2.45) is 0 Å². The van der Waals surface area contributed by atoms with Crippen LogP contribution >= 0.6 is 0 Å². The first-order valence-corrected chi connectivity index (χ1v) is 9.99. The Labute approximate surface area is 176 Å². The molecule has 0 radical (unpaired) electrons. The fourth-order valence-electron chi connectivity index (χ4n) is 3.86. The van der Waals surface area contributed by atoms with E-state index >= 15 is 0 Å². The molecule has 1 atom stereocenters. The molecule has 0 bridgehead atoms. The van der Waals surface area contributed by atoms with Crippen LogP contribution in [0.25, 0.3) is 16.8 Å². The summed E-state index contributed by atoms with van der Waals surface area (Å²) in [6.45, 7) is 4.08. The van der Waals surface area contributed by atoms with Crippen LogP contribution in [0.5, 0.6) is 5.75 Å². The van der Waals surface area contributed by atoms with Crippen LogP contribution in [0.4, 0.5) is 19.1 Å². The summed E-state index contributed by atoms with van der Waals surface area (Å²) in [7, 11) is 0. The summed E-state index contributed by atoms with van der Waals surface area (Å²) >= 11 is 0. The van der Waals surface area contributed by atoms with Gasteiger partial charge in [-0.15, -0.1) is 23.4 Å². The molecule has 0 spiro atoms. The highest BCUT2D eigenvalue weighted by Crippen LogP contribution is 2.35. The Morgan fingerprint density at radius 1 is 1.29 bits per heavy atom. The molecule has 2 aromatic heterocycles. The first-order chi connectivity index (χ1) is 14.8. The maximum absolute atomic E-state index is 12.9. The summed E-state index contributed by atoms with van der Waals surface area (Å²) in [5, 5.41) is 21.0. The lowest BCUT2D eigenvalue weighted by molar-refractivity contribution is -0.274. The zero-order valence-electron chi connectivity index (χ0n) is 16.9. The standard InChI is InChI=1S/C20H23F3N6O2/c1-13-4-5-15(17(9-13)31-20(21,22)23)18-16-10-24-12-29(16)19(27-26-18)25-14-3-2-6-28(11-14)7-8-30/h4-5,9-10,12,14,30H,2-3,6-8,11H2,1H3,(H,25,27)/t14-/m1/s1. The Morgan fingerprint density at radius 3 is 2.90 bits per heavy atom. The summed E-state index contributed by atoms with van der Waals surface area (Å²) < 4.78 is 44.7. The van der Waals surface area contributed by atoms with E-state index in [0.29, 0.717) is 23.6 Å². The number of hydrogen-bond acceptors (Lipinski definition) is 7. The Hall–Kier alpha value is -2.92. The first-order valence-electron chi connectivity index (χ1n) is 9.99. The first kappa shape index (κ1) is 21.3. The van der Waals surface area contributed by atoms with Crippen molar-refractivity contribution < 1.29 is 23.0 Å². The number of piperidine rings is 1. The van der Waals surface area contributed by atoms with E-state index in [4.69, 9.17) is 0 Å². The number of alkyl halides is 3. The van der Waals surface area contributed by atoms with Crippen LogP contribution in [-0.4, -0.2) is 68.2 Å². The molecule has 1 saturated heterocycles. The van der Waals surface area contributed by atoms with Gasteiger partial charge in [-0.05, 0) is 44.0 Å². The van der Waals surface area contributed by atoms with Crippen molar-refractivity contribution in [3.63, 3.8) is 0 Å². The van der Waals surface area contributed by atoms with Gasteiger partial charge in [0.2, 0.25) is 5.95 Å². The second kappa shape index (κ2) is 8.67. The van der Waals surface area contributed by atoms with Gasteiger partial charge in [-0.25, -0.2) is 4.98 Å². The van der Waals surface area contributed by atoms with E-state index in [0.717, 1.165) is 25.9 Å². The predicted molar refractivity (Wildman–Crippen MR) is 108 cm³/mol. The van der Waals surface area contributed by atoms with Gasteiger partial charge in [0.25, 0.3) is 0 Å². The minimum absolute atomic E-state index is 0.103. The van der Waals surface area contributed by atoms with Crippen molar-refractivity contribution >= 4 is 11.5 Å². The minimum Gasteiger partial charge on any atom is -0.405 e. The number of imidazole rings is 1. The van der Waals surface area contributed by atoms with Gasteiger partial charge in [-0.3, -0.25) is 9.30 Å². The summed E-state index contributed by atoms with van der Waals surface area (Å²) in [5.41, 5.74) is 1.56. The number of hydrogen-bond donors (Lipinski definition) is 2. The molecule has 0 saturated carbocycles. The molecule has 3 heterocycles.